The molecule has 6 aromatic rings. The summed E-state index contributed by atoms with van der Waals surface area (Å²) >= 11 is 0. The molecule has 7 rings (SSSR count). The second-order valence-electron chi connectivity index (χ2n) is 10.5. The SMILES string of the molecule is C/C=C\C=C/C1=Nc2c(c(-c3cccc(-c4nc(-c5ccccc5)nc(-c5ccccc5)n4)c3)nc3ccccc23)[C@@H]1C. The van der Waals surface area contributed by atoms with Gasteiger partial charge in [-0.05, 0) is 25.1 Å². The van der Waals surface area contributed by atoms with Crippen LogP contribution in [0.4, 0.5) is 5.69 Å². The van der Waals surface area contributed by atoms with Crippen LogP contribution in [-0.2, 0) is 0 Å². The second-order valence-corrected chi connectivity index (χ2v) is 10.5. The van der Waals surface area contributed by atoms with Crippen molar-refractivity contribution in [1.29, 1.82) is 0 Å². The lowest BCUT2D eigenvalue weighted by atomic mass is 9.91. The monoisotopic (exact) mass is 555 g/mol. The Balaban J connectivity index is 1.38. The fourth-order valence-electron chi connectivity index (χ4n) is 5.52. The predicted molar refractivity (Wildman–Crippen MR) is 176 cm³/mol. The molecule has 0 bridgehead atoms. The molecule has 0 amide bonds. The molecule has 5 heteroatoms. The molecule has 0 spiro atoms. The Hall–Kier alpha value is -5.55. The topological polar surface area (TPSA) is 63.9 Å². The minimum atomic E-state index is 0.0961. The lowest BCUT2D eigenvalue weighted by molar-refractivity contribution is 1.05. The Morgan fingerprint density at radius 1 is 0.581 bits per heavy atom. The van der Waals surface area contributed by atoms with Crippen molar-refractivity contribution in [1.82, 2.24) is 19.9 Å². The van der Waals surface area contributed by atoms with E-state index in [1.807, 2.05) is 97.9 Å². The van der Waals surface area contributed by atoms with Gasteiger partial charge in [0.05, 0.1) is 16.9 Å². The maximum Gasteiger partial charge on any atom is 0.164 e. The van der Waals surface area contributed by atoms with E-state index >= 15 is 0 Å². The largest absolute Gasteiger partial charge is 0.252 e. The highest BCUT2D eigenvalue weighted by Gasteiger charge is 2.28. The average Bonchev–Trinajstić information content (AvgIpc) is 3.41. The first-order chi connectivity index (χ1) is 21.2. The van der Waals surface area contributed by atoms with Crippen molar-refractivity contribution < 1.29 is 0 Å². The molecule has 0 N–H and O–H groups in total. The zero-order valence-corrected chi connectivity index (χ0v) is 24.0. The zero-order valence-electron chi connectivity index (χ0n) is 24.0. The van der Waals surface area contributed by atoms with Crippen molar-refractivity contribution in [2.24, 2.45) is 4.99 Å². The summed E-state index contributed by atoms with van der Waals surface area (Å²) in [6.45, 7) is 4.22. The molecular weight excluding hydrogens is 526 g/mol. The highest BCUT2D eigenvalue weighted by atomic mass is 15.0. The van der Waals surface area contributed by atoms with Crippen molar-refractivity contribution in [2.45, 2.75) is 19.8 Å². The number of benzene rings is 4. The Morgan fingerprint density at radius 2 is 1.16 bits per heavy atom. The summed E-state index contributed by atoms with van der Waals surface area (Å²) in [6.07, 6.45) is 8.19. The average molecular weight is 556 g/mol. The molecule has 1 aliphatic heterocycles. The molecular formula is C38H29N5. The summed E-state index contributed by atoms with van der Waals surface area (Å²) < 4.78 is 0. The first-order valence-corrected chi connectivity index (χ1v) is 14.5. The van der Waals surface area contributed by atoms with E-state index in [2.05, 4.69) is 49.4 Å². The van der Waals surface area contributed by atoms with E-state index in [0.717, 1.165) is 55.8 Å². The normalized spacial score (nSPS) is 14.5. The highest BCUT2D eigenvalue weighted by molar-refractivity contribution is 6.11. The van der Waals surface area contributed by atoms with E-state index in [1.54, 1.807) is 0 Å². The number of aliphatic imine (C=N–C) groups is 1. The molecule has 1 atom stereocenters. The fourth-order valence-corrected chi connectivity index (χ4v) is 5.52. The standard InChI is InChI=1S/C38H29N5/c1-3-4-7-22-31-25(2)33-34(40-32-23-13-12-21-30(32)35(33)39-31)28-19-14-20-29(24-28)38-42-36(26-15-8-5-9-16-26)41-37(43-38)27-17-10-6-11-18-27/h3-25H,1-2H3/b4-3-,22-7-/t25-/m1/s1. The van der Waals surface area contributed by atoms with E-state index in [0.29, 0.717) is 17.5 Å². The quantitative estimate of drug-likeness (QED) is 0.192. The molecule has 0 unspecified atom stereocenters. The highest BCUT2D eigenvalue weighted by Crippen LogP contribution is 2.45. The van der Waals surface area contributed by atoms with Crippen molar-refractivity contribution in [3.8, 4) is 45.4 Å². The van der Waals surface area contributed by atoms with Crippen molar-refractivity contribution in [3.05, 3.63) is 139 Å². The van der Waals surface area contributed by atoms with Gasteiger partial charge >= 0.3 is 0 Å². The molecule has 1 aliphatic rings. The maximum absolute atomic E-state index is 5.20. The van der Waals surface area contributed by atoms with E-state index in [4.69, 9.17) is 24.9 Å². The number of para-hydroxylation sites is 1. The van der Waals surface area contributed by atoms with Gasteiger partial charge in [-0.3, -0.25) is 4.99 Å². The van der Waals surface area contributed by atoms with Crippen LogP contribution in [0.2, 0.25) is 0 Å². The molecule has 0 saturated heterocycles. The van der Waals surface area contributed by atoms with Crippen LogP contribution in [0.1, 0.15) is 25.3 Å². The Labute approximate surface area is 251 Å². The van der Waals surface area contributed by atoms with Crippen LogP contribution in [0.15, 0.2) is 138 Å². The number of allylic oxidation sites excluding steroid dienone is 4. The van der Waals surface area contributed by atoms with Crippen LogP contribution in [0.5, 0.6) is 0 Å². The van der Waals surface area contributed by atoms with Crippen LogP contribution in [0.25, 0.3) is 56.3 Å². The molecule has 0 radical (unpaired) electrons. The summed E-state index contributed by atoms with van der Waals surface area (Å²) in [5.74, 6) is 1.99. The first-order valence-electron chi connectivity index (χ1n) is 14.5. The summed E-state index contributed by atoms with van der Waals surface area (Å²) in [5, 5.41) is 1.07. The number of hydrogen-bond donors (Lipinski definition) is 0. The number of nitrogens with zero attached hydrogens (tertiary/aromatic N) is 5. The second kappa shape index (κ2) is 11.4. The lowest BCUT2D eigenvalue weighted by Crippen LogP contribution is -2.04. The summed E-state index contributed by atoms with van der Waals surface area (Å²) in [5.41, 5.74) is 8.81. The summed E-state index contributed by atoms with van der Waals surface area (Å²) in [7, 11) is 0. The molecule has 2 aromatic heterocycles. The Bertz CT molecular complexity index is 1990. The van der Waals surface area contributed by atoms with Gasteiger partial charge in [0.1, 0.15) is 0 Å². The maximum atomic E-state index is 5.20. The number of pyridine rings is 1. The van der Waals surface area contributed by atoms with Crippen molar-refractivity contribution >= 4 is 22.3 Å². The summed E-state index contributed by atoms with van der Waals surface area (Å²) in [4.78, 5) is 25.1. The van der Waals surface area contributed by atoms with Crippen LogP contribution in [0.3, 0.4) is 0 Å². The van der Waals surface area contributed by atoms with Gasteiger partial charge in [0, 0.05) is 44.8 Å². The smallest absolute Gasteiger partial charge is 0.164 e. The Kier molecular flexibility index (Phi) is 6.97. The van der Waals surface area contributed by atoms with Gasteiger partial charge in [-0.25, -0.2) is 19.9 Å². The van der Waals surface area contributed by atoms with Crippen LogP contribution >= 0.6 is 0 Å². The van der Waals surface area contributed by atoms with Gasteiger partial charge in [-0.15, -0.1) is 0 Å². The van der Waals surface area contributed by atoms with Gasteiger partial charge in [0.2, 0.25) is 0 Å². The predicted octanol–water partition coefficient (Wildman–Crippen LogP) is 9.41. The van der Waals surface area contributed by atoms with E-state index < -0.39 is 0 Å². The molecule has 0 saturated carbocycles. The van der Waals surface area contributed by atoms with Crippen molar-refractivity contribution in [2.75, 3.05) is 0 Å². The number of fused-ring (bicyclic) bond motifs is 3. The molecule has 0 aliphatic carbocycles. The van der Waals surface area contributed by atoms with Gasteiger partial charge in [0.25, 0.3) is 0 Å². The number of rotatable bonds is 6. The van der Waals surface area contributed by atoms with Gasteiger partial charge < -0.3 is 0 Å². The molecule has 206 valence electrons. The molecule has 4 aromatic carbocycles. The molecule has 0 fully saturated rings. The van der Waals surface area contributed by atoms with E-state index in [9.17, 15) is 0 Å². The summed E-state index contributed by atoms with van der Waals surface area (Å²) in [6, 6.07) is 36.7. The van der Waals surface area contributed by atoms with Gasteiger partial charge in [-0.1, -0.05) is 122 Å². The number of hydrogen-bond acceptors (Lipinski definition) is 5. The zero-order chi connectivity index (χ0) is 29.2. The van der Waals surface area contributed by atoms with Crippen LogP contribution < -0.4 is 0 Å². The molecule has 3 heterocycles. The minimum absolute atomic E-state index is 0.0961. The van der Waals surface area contributed by atoms with Crippen LogP contribution in [0, 0.1) is 0 Å². The third-order valence-electron chi connectivity index (χ3n) is 7.68. The fraction of sp³-hybridized carbons (Fsp3) is 0.0789. The first kappa shape index (κ1) is 26.4. The third kappa shape index (κ3) is 5.06. The van der Waals surface area contributed by atoms with E-state index in [-0.39, 0.29) is 5.92 Å². The van der Waals surface area contributed by atoms with Gasteiger partial charge in [0.15, 0.2) is 17.5 Å². The number of aromatic nitrogens is 4. The minimum Gasteiger partial charge on any atom is -0.252 e. The lowest BCUT2D eigenvalue weighted by Gasteiger charge is -2.15. The molecule has 43 heavy (non-hydrogen) atoms. The molecule has 5 nitrogen and oxygen atoms in total. The third-order valence-corrected chi connectivity index (χ3v) is 7.68. The van der Waals surface area contributed by atoms with E-state index in [1.165, 1.54) is 0 Å². The van der Waals surface area contributed by atoms with Crippen LogP contribution in [-0.4, -0.2) is 25.6 Å². The van der Waals surface area contributed by atoms with Gasteiger partial charge in [-0.2, -0.15) is 0 Å². The Morgan fingerprint density at radius 3 is 1.84 bits per heavy atom. The van der Waals surface area contributed by atoms with Crippen molar-refractivity contribution in [3.63, 3.8) is 0 Å².